The maximum Gasteiger partial charge on any atom is 0.416 e. The molecule has 10 heteroatoms. The van der Waals surface area contributed by atoms with Gasteiger partial charge < -0.3 is 5.73 Å². The van der Waals surface area contributed by atoms with Crippen LogP contribution in [0.5, 0.6) is 0 Å². The Morgan fingerprint density at radius 2 is 2.05 bits per heavy atom. The van der Waals surface area contributed by atoms with Crippen LogP contribution < -0.4 is 11.4 Å². The highest BCUT2D eigenvalue weighted by atomic mass is 32.2. The predicted octanol–water partition coefficient (Wildman–Crippen LogP) is 2.30. The molecule has 21 heavy (non-hydrogen) atoms. The number of pyridine rings is 1. The first kappa shape index (κ1) is 15.4. The maximum absolute atomic E-state index is 12.7. The van der Waals surface area contributed by atoms with Gasteiger partial charge in [0, 0.05) is 6.04 Å². The van der Waals surface area contributed by atoms with Crippen LogP contribution in [0.1, 0.15) is 25.5 Å². The van der Waals surface area contributed by atoms with Gasteiger partial charge in [0.15, 0.2) is 5.16 Å². The molecule has 0 spiro atoms. The molecule has 0 saturated heterocycles. The van der Waals surface area contributed by atoms with E-state index in [9.17, 15) is 18.0 Å². The Balaban J connectivity index is 2.41. The smallest absolute Gasteiger partial charge is 0.384 e. The van der Waals surface area contributed by atoms with Crippen LogP contribution in [-0.2, 0) is 6.18 Å². The third kappa shape index (κ3) is 3.38. The Labute approximate surface area is 121 Å². The van der Waals surface area contributed by atoms with E-state index < -0.39 is 17.4 Å². The van der Waals surface area contributed by atoms with Crippen molar-refractivity contribution in [2.75, 3.05) is 5.73 Å². The molecule has 0 radical (unpaired) electrons. The van der Waals surface area contributed by atoms with Gasteiger partial charge in [0.2, 0.25) is 0 Å². The van der Waals surface area contributed by atoms with Crippen LogP contribution in [-0.4, -0.2) is 19.7 Å². The Morgan fingerprint density at radius 1 is 1.38 bits per heavy atom. The Bertz CT molecular complexity index is 707. The number of nitrogens with two attached hydrogens (primary N) is 1. The fourth-order valence-corrected chi connectivity index (χ4v) is 2.66. The van der Waals surface area contributed by atoms with Crippen LogP contribution in [0.3, 0.4) is 0 Å². The van der Waals surface area contributed by atoms with Gasteiger partial charge in [-0.05, 0) is 37.7 Å². The molecule has 0 amide bonds. The summed E-state index contributed by atoms with van der Waals surface area (Å²) in [4.78, 5) is 15.4. The molecular weight excluding hydrogens is 307 g/mol. The molecule has 3 N–H and O–H groups in total. The lowest BCUT2D eigenvalue weighted by atomic mass is 10.2. The van der Waals surface area contributed by atoms with Crippen molar-refractivity contribution in [2.45, 2.75) is 36.2 Å². The minimum Gasteiger partial charge on any atom is -0.384 e. The van der Waals surface area contributed by atoms with Crippen molar-refractivity contribution in [2.24, 2.45) is 0 Å². The summed E-state index contributed by atoms with van der Waals surface area (Å²) >= 11 is 0.837. The molecule has 0 bridgehead atoms. The SMILES string of the molecule is CC(C)n1c(Sc2cc(C(F)(F)F)cc(N)n2)n[nH]c1=O. The van der Waals surface area contributed by atoms with Gasteiger partial charge in [-0.25, -0.2) is 14.9 Å². The van der Waals surface area contributed by atoms with Gasteiger partial charge in [-0.1, -0.05) is 0 Å². The molecule has 0 atom stereocenters. The Hall–Kier alpha value is -1.97. The molecular formula is C11H12F3N5OS. The number of anilines is 1. The summed E-state index contributed by atoms with van der Waals surface area (Å²) in [6.07, 6.45) is -4.52. The molecule has 2 aromatic rings. The molecule has 0 fully saturated rings. The molecule has 0 aliphatic carbocycles. The fourth-order valence-electron chi connectivity index (χ4n) is 1.65. The second-order valence-corrected chi connectivity index (χ2v) is 5.48. The lowest BCUT2D eigenvalue weighted by molar-refractivity contribution is -0.137. The molecule has 0 unspecified atom stereocenters. The highest BCUT2D eigenvalue weighted by Gasteiger charge is 2.31. The van der Waals surface area contributed by atoms with Gasteiger partial charge in [-0.15, -0.1) is 5.10 Å². The number of aromatic amines is 1. The van der Waals surface area contributed by atoms with Crippen molar-refractivity contribution < 1.29 is 13.2 Å². The zero-order valence-corrected chi connectivity index (χ0v) is 11.9. The summed E-state index contributed by atoms with van der Waals surface area (Å²) < 4.78 is 39.5. The van der Waals surface area contributed by atoms with Crippen molar-refractivity contribution >= 4 is 17.6 Å². The third-order valence-electron chi connectivity index (χ3n) is 2.53. The van der Waals surface area contributed by atoms with Crippen LogP contribution in [0.2, 0.25) is 0 Å². The van der Waals surface area contributed by atoms with Gasteiger partial charge in [0.25, 0.3) is 0 Å². The minimum atomic E-state index is -4.52. The van der Waals surface area contributed by atoms with Crippen molar-refractivity contribution in [3.8, 4) is 0 Å². The molecule has 2 rings (SSSR count). The van der Waals surface area contributed by atoms with E-state index in [0.717, 1.165) is 23.9 Å². The van der Waals surface area contributed by atoms with Crippen molar-refractivity contribution in [3.63, 3.8) is 0 Å². The number of halogens is 3. The molecule has 0 aliphatic rings. The topological polar surface area (TPSA) is 89.6 Å². The number of hydrogen-bond donors (Lipinski definition) is 2. The van der Waals surface area contributed by atoms with E-state index in [1.807, 2.05) is 0 Å². The van der Waals surface area contributed by atoms with E-state index in [-0.39, 0.29) is 22.0 Å². The van der Waals surface area contributed by atoms with Crippen LogP contribution in [0.15, 0.2) is 27.1 Å². The van der Waals surface area contributed by atoms with Crippen LogP contribution in [0, 0.1) is 0 Å². The standard InChI is InChI=1S/C11H12F3N5OS/c1-5(2)19-9(20)17-18-10(19)21-8-4-6(11(12,13)14)3-7(15)16-8/h3-5H,1-2H3,(H2,15,16)(H,17,20). The first-order chi connectivity index (χ1) is 9.68. The first-order valence-electron chi connectivity index (χ1n) is 5.88. The zero-order valence-electron chi connectivity index (χ0n) is 11.1. The Kier molecular flexibility index (Phi) is 3.99. The highest BCUT2D eigenvalue weighted by molar-refractivity contribution is 7.99. The summed E-state index contributed by atoms with van der Waals surface area (Å²) in [7, 11) is 0. The van der Waals surface area contributed by atoms with E-state index in [1.165, 1.54) is 4.57 Å². The largest absolute Gasteiger partial charge is 0.416 e. The molecule has 2 heterocycles. The van der Waals surface area contributed by atoms with Crippen molar-refractivity contribution in [1.29, 1.82) is 0 Å². The summed E-state index contributed by atoms with van der Waals surface area (Å²) in [5, 5.41) is 6.27. The highest BCUT2D eigenvalue weighted by Crippen LogP contribution is 2.34. The van der Waals surface area contributed by atoms with E-state index in [1.54, 1.807) is 13.8 Å². The number of alkyl halides is 3. The molecule has 2 aromatic heterocycles. The third-order valence-corrected chi connectivity index (χ3v) is 3.42. The second-order valence-electron chi connectivity index (χ2n) is 4.49. The van der Waals surface area contributed by atoms with E-state index in [2.05, 4.69) is 15.2 Å². The number of nitrogens with one attached hydrogen (secondary N) is 1. The summed E-state index contributed by atoms with van der Waals surface area (Å²) in [5.74, 6) is -0.249. The lowest BCUT2D eigenvalue weighted by Crippen LogP contribution is -2.19. The summed E-state index contributed by atoms with van der Waals surface area (Å²) in [6.45, 7) is 3.52. The molecule has 0 aromatic carbocycles. The normalized spacial score (nSPS) is 12.1. The van der Waals surface area contributed by atoms with Crippen LogP contribution >= 0.6 is 11.8 Å². The van der Waals surface area contributed by atoms with Crippen molar-refractivity contribution in [1.82, 2.24) is 19.7 Å². The summed E-state index contributed by atoms with van der Waals surface area (Å²) in [6, 6.07) is 1.43. The number of hydrogen-bond acceptors (Lipinski definition) is 5. The number of aromatic nitrogens is 4. The van der Waals surface area contributed by atoms with Crippen molar-refractivity contribution in [3.05, 3.63) is 28.2 Å². The number of nitrogen functional groups attached to an aromatic ring is 1. The molecule has 114 valence electrons. The van der Waals surface area contributed by atoms with E-state index in [4.69, 9.17) is 5.73 Å². The van der Waals surface area contributed by atoms with Gasteiger partial charge in [0.05, 0.1) is 5.56 Å². The molecule has 0 aliphatic heterocycles. The van der Waals surface area contributed by atoms with E-state index in [0.29, 0.717) is 0 Å². The van der Waals surface area contributed by atoms with Crippen LogP contribution in [0.25, 0.3) is 0 Å². The quantitative estimate of drug-likeness (QED) is 0.906. The number of rotatable bonds is 3. The maximum atomic E-state index is 12.7. The predicted molar refractivity (Wildman–Crippen MR) is 71.0 cm³/mol. The second kappa shape index (κ2) is 5.43. The monoisotopic (exact) mass is 319 g/mol. The fraction of sp³-hybridized carbons (Fsp3) is 0.364. The molecule has 0 saturated carbocycles. The zero-order chi connectivity index (χ0) is 15.8. The summed E-state index contributed by atoms with van der Waals surface area (Å²) in [5.41, 5.74) is 4.06. The minimum absolute atomic E-state index is 0.0169. The molecule has 6 nitrogen and oxygen atoms in total. The number of nitrogens with zero attached hydrogens (tertiary/aromatic N) is 3. The average molecular weight is 319 g/mol. The van der Waals surface area contributed by atoms with Crippen LogP contribution in [0.4, 0.5) is 19.0 Å². The number of H-pyrrole nitrogens is 1. The van der Waals surface area contributed by atoms with Gasteiger partial charge in [0.1, 0.15) is 10.8 Å². The van der Waals surface area contributed by atoms with E-state index >= 15 is 0 Å². The van der Waals surface area contributed by atoms with Gasteiger partial charge >= 0.3 is 11.9 Å². The first-order valence-corrected chi connectivity index (χ1v) is 6.69. The van der Waals surface area contributed by atoms with Gasteiger partial charge in [-0.2, -0.15) is 13.2 Å². The Morgan fingerprint density at radius 3 is 2.62 bits per heavy atom. The van der Waals surface area contributed by atoms with Gasteiger partial charge in [-0.3, -0.25) is 4.57 Å². The average Bonchev–Trinajstić information content (AvgIpc) is 2.68. The lowest BCUT2D eigenvalue weighted by Gasteiger charge is -2.10.